The maximum Gasteiger partial charge on any atom is 0.257 e. The molecule has 1 aromatic heterocycles. The minimum Gasteiger partial charge on any atom is -0.337 e. The molecule has 1 aromatic carbocycles. The van der Waals surface area contributed by atoms with E-state index in [-0.39, 0.29) is 11.9 Å². The van der Waals surface area contributed by atoms with Gasteiger partial charge in [-0.15, -0.1) is 0 Å². The van der Waals surface area contributed by atoms with Gasteiger partial charge in [-0.2, -0.15) is 5.10 Å². The van der Waals surface area contributed by atoms with Crippen LogP contribution in [0.4, 0.5) is 0 Å². The van der Waals surface area contributed by atoms with E-state index in [2.05, 4.69) is 21.0 Å². The van der Waals surface area contributed by atoms with E-state index in [0.717, 1.165) is 29.5 Å². The van der Waals surface area contributed by atoms with Crippen molar-refractivity contribution in [2.75, 3.05) is 13.1 Å². The van der Waals surface area contributed by atoms with E-state index >= 15 is 0 Å². The molecule has 0 saturated carbocycles. The Hall–Kier alpha value is -1.66. The van der Waals surface area contributed by atoms with E-state index in [1.807, 2.05) is 29.2 Å². The number of amides is 1. The Balaban J connectivity index is 1.80. The van der Waals surface area contributed by atoms with Gasteiger partial charge in [-0.25, -0.2) is 4.68 Å². The summed E-state index contributed by atoms with van der Waals surface area (Å²) in [5.41, 5.74) is 7.45. The molecule has 2 aromatic rings. The number of nitrogens with zero attached hydrogens (tertiary/aromatic N) is 3. The molecule has 1 saturated heterocycles. The molecule has 0 bridgehead atoms. The highest BCUT2D eigenvalue weighted by Gasteiger charge is 2.23. The Labute approximate surface area is 131 Å². The van der Waals surface area contributed by atoms with Gasteiger partial charge in [-0.3, -0.25) is 4.79 Å². The zero-order chi connectivity index (χ0) is 14.8. The molecule has 0 unspecified atom stereocenters. The summed E-state index contributed by atoms with van der Waals surface area (Å²) in [5.74, 6) is 0.00592. The summed E-state index contributed by atoms with van der Waals surface area (Å²) in [6, 6.07) is 7.88. The summed E-state index contributed by atoms with van der Waals surface area (Å²) in [4.78, 5) is 14.3. The van der Waals surface area contributed by atoms with Crippen molar-refractivity contribution < 1.29 is 4.79 Å². The van der Waals surface area contributed by atoms with Gasteiger partial charge in [0.1, 0.15) is 0 Å². The second kappa shape index (κ2) is 5.99. The third kappa shape index (κ3) is 3.16. The van der Waals surface area contributed by atoms with E-state index in [0.29, 0.717) is 12.1 Å². The van der Waals surface area contributed by atoms with Crippen molar-refractivity contribution >= 4 is 21.8 Å². The lowest BCUT2D eigenvalue weighted by atomic mass is 10.1. The Bertz CT molecular complexity index is 655. The minimum atomic E-state index is 0.00592. The second-order valence-electron chi connectivity index (χ2n) is 5.31. The molecular weight excluding hydrogens is 332 g/mol. The van der Waals surface area contributed by atoms with Gasteiger partial charge in [0.05, 0.1) is 17.4 Å². The van der Waals surface area contributed by atoms with Gasteiger partial charge in [0.15, 0.2) is 0 Å². The number of nitrogens with two attached hydrogens (primary N) is 1. The molecule has 2 heterocycles. The topological polar surface area (TPSA) is 64.2 Å². The van der Waals surface area contributed by atoms with Crippen LogP contribution in [0.5, 0.6) is 0 Å². The molecule has 1 fully saturated rings. The first-order chi connectivity index (χ1) is 10.1. The quantitative estimate of drug-likeness (QED) is 0.904. The molecule has 2 N–H and O–H groups in total. The summed E-state index contributed by atoms with van der Waals surface area (Å²) < 4.78 is 2.69. The fraction of sp³-hybridized carbons (Fsp3) is 0.333. The lowest BCUT2D eigenvalue weighted by molar-refractivity contribution is 0.0709. The first-order valence-electron chi connectivity index (χ1n) is 6.99. The predicted octanol–water partition coefficient (Wildman–Crippen LogP) is 2.20. The van der Waals surface area contributed by atoms with Crippen molar-refractivity contribution in [2.45, 2.75) is 18.9 Å². The normalized spacial score (nSPS) is 18.8. The highest BCUT2D eigenvalue weighted by Crippen LogP contribution is 2.17. The fourth-order valence-corrected chi connectivity index (χ4v) is 2.96. The second-order valence-corrected chi connectivity index (χ2v) is 6.22. The van der Waals surface area contributed by atoms with Crippen LogP contribution < -0.4 is 5.73 Å². The smallest absolute Gasteiger partial charge is 0.257 e. The summed E-state index contributed by atoms with van der Waals surface area (Å²) in [5, 5.41) is 4.28. The summed E-state index contributed by atoms with van der Waals surface area (Å²) in [6.07, 6.45) is 5.33. The Morgan fingerprint density at radius 3 is 3.05 bits per heavy atom. The molecule has 0 radical (unpaired) electrons. The van der Waals surface area contributed by atoms with Crippen molar-refractivity contribution in [3.05, 3.63) is 46.7 Å². The molecule has 0 aliphatic carbocycles. The molecule has 1 atom stereocenters. The molecule has 1 amide bonds. The third-order valence-electron chi connectivity index (χ3n) is 3.65. The first kappa shape index (κ1) is 14.3. The lowest BCUT2D eigenvalue weighted by Gasteiger charge is -2.30. The maximum absolute atomic E-state index is 12.5. The maximum atomic E-state index is 12.5. The van der Waals surface area contributed by atoms with Crippen molar-refractivity contribution in [3.8, 4) is 5.69 Å². The predicted molar refractivity (Wildman–Crippen MR) is 84.4 cm³/mol. The molecule has 110 valence electrons. The van der Waals surface area contributed by atoms with Crippen LogP contribution >= 0.6 is 15.9 Å². The minimum absolute atomic E-state index is 0.00592. The molecular formula is C15H17BrN4O. The van der Waals surface area contributed by atoms with E-state index < -0.39 is 0 Å². The van der Waals surface area contributed by atoms with Crippen molar-refractivity contribution in [3.63, 3.8) is 0 Å². The van der Waals surface area contributed by atoms with Crippen LogP contribution in [0.3, 0.4) is 0 Å². The molecule has 1 aliphatic heterocycles. The van der Waals surface area contributed by atoms with Crippen LogP contribution in [-0.2, 0) is 0 Å². The summed E-state index contributed by atoms with van der Waals surface area (Å²) in [6.45, 7) is 1.40. The number of halogens is 1. The van der Waals surface area contributed by atoms with Gasteiger partial charge in [0, 0.05) is 29.8 Å². The first-order valence-corrected chi connectivity index (χ1v) is 7.78. The number of carbonyl (C=O) groups is 1. The number of likely N-dealkylation sites (tertiary alicyclic amines) is 1. The standard InChI is InChI=1S/C15H17BrN4O/c16-12-3-1-5-14(7-12)20-9-11(8-18-20)15(21)19-6-2-4-13(17)10-19/h1,3,5,7-9,13H,2,4,6,10,17H2/t13-/m0/s1. The number of hydrogen-bond acceptors (Lipinski definition) is 3. The molecule has 21 heavy (non-hydrogen) atoms. The van der Waals surface area contributed by atoms with E-state index in [4.69, 9.17) is 5.73 Å². The number of hydrogen-bond donors (Lipinski definition) is 1. The van der Waals surface area contributed by atoms with Gasteiger partial charge < -0.3 is 10.6 Å². The number of benzene rings is 1. The van der Waals surface area contributed by atoms with Gasteiger partial charge in [-0.1, -0.05) is 22.0 Å². The molecule has 0 spiro atoms. The fourth-order valence-electron chi connectivity index (χ4n) is 2.57. The number of rotatable bonds is 2. The highest BCUT2D eigenvalue weighted by molar-refractivity contribution is 9.10. The van der Waals surface area contributed by atoms with Crippen molar-refractivity contribution in [1.82, 2.24) is 14.7 Å². The molecule has 6 heteroatoms. The SMILES string of the molecule is N[C@H]1CCCN(C(=O)c2cnn(-c3cccc(Br)c3)c2)C1. The van der Waals surface area contributed by atoms with Gasteiger partial charge in [0.25, 0.3) is 5.91 Å². The number of carbonyl (C=O) groups excluding carboxylic acids is 1. The van der Waals surface area contributed by atoms with Crippen molar-refractivity contribution in [2.24, 2.45) is 5.73 Å². The van der Waals surface area contributed by atoms with Crippen LogP contribution in [0.25, 0.3) is 5.69 Å². The van der Waals surface area contributed by atoms with E-state index in [9.17, 15) is 4.79 Å². The summed E-state index contributed by atoms with van der Waals surface area (Å²) >= 11 is 3.43. The van der Waals surface area contributed by atoms with Crippen LogP contribution in [0.1, 0.15) is 23.2 Å². The zero-order valence-electron chi connectivity index (χ0n) is 11.6. The Kier molecular flexibility index (Phi) is 4.07. The molecule has 3 rings (SSSR count). The van der Waals surface area contributed by atoms with Gasteiger partial charge in [-0.05, 0) is 31.0 Å². The van der Waals surface area contributed by atoms with Gasteiger partial charge >= 0.3 is 0 Å². The summed E-state index contributed by atoms with van der Waals surface area (Å²) in [7, 11) is 0. The van der Waals surface area contributed by atoms with Crippen LogP contribution in [0.15, 0.2) is 41.1 Å². The van der Waals surface area contributed by atoms with Crippen LogP contribution in [0.2, 0.25) is 0 Å². The van der Waals surface area contributed by atoms with Crippen LogP contribution in [-0.4, -0.2) is 39.7 Å². The largest absolute Gasteiger partial charge is 0.337 e. The Morgan fingerprint density at radius 1 is 1.43 bits per heavy atom. The monoisotopic (exact) mass is 348 g/mol. The van der Waals surface area contributed by atoms with E-state index in [1.165, 1.54) is 0 Å². The van der Waals surface area contributed by atoms with Gasteiger partial charge in [0.2, 0.25) is 0 Å². The third-order valence-corrected chi connectivity index (χ3v) is 4.14. The average Bonchev–Trinajstić information content (AvgIpc) is 2.96. The Morgan fingerprint density at radius 2 is 2.29 bits per heavy atom. The average molecular weight is 349 g/mol. The number of aromatic nitrogens is 2. The molecule has 1 aliphatic rings. The molecule has 5 nitrogen and oxygen atoms in total. The lowest BCUT2D eigenvalue weighted by Crippen LogP contribution is -2.45. The van der Waals surface area contributed by atoms with Crippen molar-refractivity contribution in [1.29, 1.82) is 0 Å². The highest BCUT2D eigenvalue weighted by atomic mass is 79.9. The van der Waals surface area contributed by atoms with Crippen LogP contribution in [0, 0.1) is 0 Å². The number of piperidine rings is 1. The van der Waals surface area contributed by atoms with E-state index in [1.54, 1.807) is 17.1 Å². The zero-order valence-corrected chi connectivity index (χ0v) is 13.2.